The van der Waals surface area contributed by atoms with Crippen molar-refractivity contribution in [3.05, 3.63) is 46.2 Å². The zero-order chi connectivity index (χ0) is 15.4. The Hall–Kier alpha value is -1.52. The van der Waals surface area contributed by atoms with Gasteiger partial charge in [0.2, 0.25) is 0 Å². The summed E-state index contributed by atoms with van der Waals surface area (Å²) in [5.74, 6) is 0.830. The van der Waals surface area contributed by atoms with Crippen molar-refractivity contribution in [2.75, 3.05) is 13.7 Å². The molecule has 114 valence electrons. The van der Waals surface area contributed by atoms with Gasteiger partial charge in [-0.3, -0.25) is 4.68 Å². The van der Waals surface area contributed by atoms with Crippen molar-refractivity contribution >= 4 is 11.6 Å². The predicted molar refractivity (Wildman–Crippen MR) is 86.1 cm³/mol. The number of nitrogens with one attached hydrogen (secondary N) is 1. The first-order valence-electron chi connectivity index (χ1n) is 7.19. The van der Waals surface area contributed by atoms with E-state index in [0.717, 1.165) is 30.0 Å². The van der Waals surface area contributed by atoms with Gasteiger partial charge in [-0.1, -0.05) is 25.4 Å². The van der Waals surface area contributed by atoms with E-state index in [9.17, 15) is 0 Å². The molecule has 2 rings (SSSR count). The molecule has 1 aromatic heterocycles. The maximum absolute atomic E-state index is 6.18. The lowest BCUT2D eigenvalue weighted by Crippen LogP contribution is -2.23. The molecule has 0 aliphatic carbocycles. The number of ether oxygens (including phenoxy) is 1. The van der Waals surface area contributed by atoms with Gasteiger partial charge in [0.15, 0.2) is 0 Å². The van der Waals surface area contributed by atoms with E-state index < -0.39 is 0 Å². The second kappa shape index (κ2) is 6.96. The first-order chi connectivity index (χ1) is 10.1. The standard InChI is InChI=1S/C16H22ClN3O/c1-5-14-13(10-20(3)19-14)16(18-6-2)12-9-11(17)7-8-15(12)21-4/h7-10,16,18H,5-6H2,1-4H3. The molecule has 4 nitrogen and oxygen atoms in total. The van der Waals surface area contributed by atoms with Gasteiger partial charge in [-0.25, -0.2) is 0 Å². The highest BCUT2D eigenvalue weighted by Crippen LogP contribution is 2.33. The Labute approximate surface area is 131 Å². The minimum atomic E-state index is 0.0206. The van der Waals surface area contributed by atoms with Gasteiger partial charge in [0.05, 0.1) is 18.8 Å². The van der Waals surface area contributed by atoms with E-state index in [1.807, 2.05) is 29.9 Å². The number of rotatable bonds is 6. The number of hydrogen-bond acceptors (Lipinski definition) is 3. The Morgan fingerprint density at radius 3 is 2.71 bits per heavy atom. The summed E-state index contributed by atoms with van der Waals surface area (Å²) >= 11 is 6.18. The average molecular weight is 308 g/mol. The van der Waals surface area contributed by atoms with Crippen LogP contribution in [0, 0.1) is 0 Å². The Balaban J connectivity index is 2.55. The molecule has 0 radical (unpaired) electrons. The fourth-order valence-electron chi connectivity index (χ4n) is 2.59. The van der Waals surface area contributed by atoms with Crippen LogP contribution in [0.25, 0.3) is 0 Å². The number of aryl methyl sites for hydroxylation is 2. The van der Waals surface area contributed by atoms with E-state index in [-0.39, 0.29) is 6.04 Å². The number of nitrogens with zero attached hydrogens (tertiary/aromatic N) is 2. The lowest BCUT2D eigenvalue weighted by atomic mass is 9.97. The molecule has 0 bridgehead atoms. The molecular formula is C16H22ClN3O. The van der Waals surface area contributed by atoms with Crippen LogP contribution in [-0.4, -0.2) is 23.4 Å². The van der Waals surface area contributed by atoms with E-state index in [4.69, 9.17) is 16.3 Å². The van der Waals surface area contributed by atoms with Crippen LogP contribution in [0.1, 0.15) is 36.7 Å². The molecule has 21 heavy (non-hydrogen) atoms. The van der Waals surface area contributed by atoms with Crippen LogP contribution in [-0.2, 0) is 13.5 Å². The SMILES string of the molecule is CCNC(c1cc(Cl)ccc1OC)c1cn(C)nc1CC. The molecule has 0 saturated heterocycles. The number of aromatic nitrogens is 2. The van der Waals surface area contributed by atoms with Gasteiger partial charge < -0.3 is 10.1 Å². The van der Waals surface area contributed by atoms with Crippen molar-refractivity contribution in [1.29, 1.82) is 0 Å². The summed E-state index contributed by atoms with van der Waals surface area (Å²) in [6.07, 6.45) is 2.95. The quantitative estimate of drug-likeness (QED) is 0.889. The topological polar surface area (TPSA) is 39.1 Å². The molecule has 1 aromatic carbocycles. The summed E-state index contributed by atoms with van der Waals surface area (Å²) in [4.78, 5) is 0. The van der Waals surface area contributed by atoms with Crippen molar-refractivity contribution in [3.8, 4) is 5.75 Å². The molecule has 0 amide bonds. The van der Waals surface area contributed by atoms with Crippen LogP contribution >= 0.6 is 11.6 Å². The monoisotopic (exact) mass is 307 g/mol. The van der Waals surface area contributed by atoms with Gasteiger partial charge in [-0.15, -0.1) is 0 Å². The molecule has 1 heterocycles. The van der Waals surface area contributed by atoms with Crippen LogP contribution in [0.5, 0.6) is 5.75 Å². The molecule has 0 aliphatic rings. The Bertz CT molecular complexity index is 610. The Morgan fingerprint density at radius 2 is 2.10 bits per heavy atom. The Morgan fingerprint density at radius 1 is 1.33 bits per heavy atom. The third-order valence-electron chi connectivity index (χ3n) is 3.49. The van der Waals surface area contributed by atoms with Crippen molar-refractivity contribution in [1.82, 2.24) is 15.1 Å². The van der Waals surface area contributed by atoms with E-state index in [1.165, 1.54) is 5.56 Å². The fraction of sp³-hybridized carbons (Fsp3) is 0.438. The van der Waals surface area contributed by atoms with Gasteiger partial charge in [-0.05, 0) is 31.2 Å². The molecule has 2 aromatic rings. The number of benzene rings is 1. The van der Waals surface area contributed by atoms with Crippen molar-refractivity contribution in [3.63, 3.8) is 0 Å². The molecular weight excluding hydrogens is 286 g/mol. The molecule has 0 saturated carbocycles. The van der Waals surface area contributed by atoms with Crippen LogP contribution in [0.4, 0.5) is 0 Å². The summed E-state index contributed by atoms with van der Waals surface area (Å²) < 4.78 is 7.36. The minimum absolute atomic E-state index is 0.0206. The molecule has 5 heteroatoms. The van der Waals surface area contributed by atoms with Gasteiger partial charge in [-0.2, -0.15) is 5.10 Å². The van der Waals surface area contributed by atoms with E-state index in [2.05, 4.69) is 30.5 Å². The van der Waals surface area contributed by atoms with E-state index in [0.29, 0.717) is 5.02 Å². The first-order valence-corrected chi connectivity index (χ1v) is 7.57. The van der Waals surface area contributed by atoms with Crippen molar-refractivity contribution in [2.24, 2.45) is 7.05 Å². The normalized spacial score (nSPS) is 12.4. The van der Waals surface area contributed by atoms with Gasteiger partial charge in [0, 0.05) is 29.4 Å². The predicted octanol–water partition coefficient (Wildman–Crippen LogP) is 3.34. The summed E-state index contributed by atoms with van der Waals surface area (Å²) in [5.41, 5.74) is 3.29. The molecule has 1 unspecified atom stereocenters. The molecule has 0 fully saturated rings. The zero-order valence-corrected chi connectivity index (χ0v) is 13.7. The van der Waals surface area contributed by atoms with Crippen LogP contribution in [0.2, 0.25) is 5.02 Å². The lowest BCUT2D eigenvalue weighted by Gasteiger charge is -2.21. The highest BCUT2D eigenvalue weighted by atomic mass is 35.5. The molecule has 1 atom stereocenters. The highest BCUT2D eigenvalue weighted by molar-refractivity contribution is 6.30. The third kappa shape index (κ3) is 3.39. The summed E-state index contributed by atoms with van der Waals surface area (Å²) in [6, 6.07) is 5.73. The molecule has 0 spiro atoms. The zero-order valence-electron chi connectivity index (χ0n) is 13.0. The van der Waals surface area contributed by atoms with Crippen molar-refractivity contribution in [2.45, 2.75) is 26.3 Å². The highest BCUT2D eigenvalue weighted by Gasteiger charge is 2.22. The largest absolute Gasteiger partial charge is 0.496 e. The lowest BCUT2D eigenvalue weighted by molar-refractivity contribution is 0.404. The Kier molecular flexibility index (Phi) is 5.26. The van der Waals surface area contributed by atoms with Crippen LogP contribution in [0.3, 0.4) is 0 Å². The summed E-state index contributed by atoms with van der Waals surface area (Å²) in [5, 5.41) is 8.76. The minimum Gasteiger partial charge on any atom is -0.496 e. The van der Waals surface area contributed by atoms with E-state index in [1.54, 1.807) is 7.11 Å². The summed E-state index contributed by atoms with van der Waals surface area (Å²) in [7, 11) is 3.63. The maximum Gasteiger partial charge on any atom is 0.124 e. The van der Waals surface area contributed by atoms with Crippen LogP contribution in [0.15, 0.2) is 24.4 Å². The van der Waals surface area contributed by atoms with Gasteiger partial charge >= 0.3 is 0 Å². The first kappa shape index (κ1) is 15.9. The molecule has 1 N–H and O–H groups in total. The second-order valence-electron chi connectivity index (χ2n) is 4.94. The molecule has 0 aliphatic heterocycles. The number of hydrogen-bond donors (Lipinski definition) is 1. The van der Waals surface area contributed by atoms with Gasteiger partial charge in [0.1, 0.15) is 5.75 Å². The van der Waals surface area contributed by atoms with Crippen molar-refractivity contribution < 1.29 is 4.74 Å². The van der Waals surface area contributed by atoms with Crippen LogP contribution < -0.4 is 10.1 Å². The second-order valence-corrected chi connectivity index (χ2v) is 5.37. The maximum atomic E-state index is 6.18. The smallest absolute Gasteiger partial charge is 0.124 e. The van der Waals surface area contributed by atoms with E-state index >= 15 is 0 Å². The third-order valence-corrected chi connectivity index (χ3v) is 3.73. The average Bonchev–Trinajstić information content (AvgIpc) is 2.85. The van der Waals surface area contributed by atoms with Gasteiger partial charge in [0.25, 0.3) is 0 Å². The fourth-order valence-corrected chi connectivity index (χ4v) is 2.77. The summed E-state index contributed by atoms with van der Waals surface area (Å²) in [6.45, 7) is 5.05. The number of halogens is 1. The number of methoxy groups -OCH3 is 1.